The topological polar surface area (TPSA) is 47.8 Å². The number of allylic oxidation sites excluding steroid dienone is 2. The van der Waals surface area contributed by atoms with E-state index in [4.69, 9.17) is 0 Å². The Balaban J connectivity index is 2.37. The van der Waals surface area contributed by atoms with E-state index >= 15 is 0 Å². The fourth-order valence-corrected chi connectivity index (χ4v) is 2.77. The van der Waals surface area contributed by atoms with Gasteiger partial charge in [0, 0.05) is 12.3 Å². The summed E-state index contributed by atoms with van der Waals surface area (Å²) in [4.78, 5) is 12.3. The Bertz CT molecular complexity index is 519. The molecule has 0 unspecified atom stereocenters. The summed E-state index contributed by atoms with van der Waals surface area (Å²) >= 11 is 1.56. The highest BCUT2D eigenvalue weighted by molar-refractivity contribution is 7.99. The third kappa shape index (κ3) is 2.83. The van der Waals surface area contributed by atoms with Gasteiger partial charge in [0.15, 0.2) is 10.9 Å². The zero-order valence-corrected chi connectivity index (χ0v) is 12.0. The second-order valence-corrected chi connectivity index (χ2v) is 6.38. The van der Waals surface area contributed by atoms with Crippen LogP contribution in [0.2, 0.25) is 0 Å². The Morgan fingerprint density at radius 3 is 2.72 bits per heavy atom. The van der Waals surface area contributed by atoms with E-state index in [9.17, 15) is 4.79 Å². The Morgan fingerprint density at radius 1 is 1.33 bits per heavy atom. The Morgan fingerprint density at radius 2 is 2.11 bits per heavy atom. The fourth-order valence-electron chi connectivity index (χ4n) is 2.02. The largest absolute Gasteiger partial charge is 0.287 e. The normalized spacial score (nSPS) is 15.9. The van der Waals surface area contributed by atoms with Crippen molar-refractivity contribution in [3.05, 3.63) is 22.1 Å². The lowest BCUT2D eigenvalue weighted by atomic mass is 9.97. The molecule has 2 rings (SSSR count). The zero-order valence-electron chi connectivity index (χ0n) is 11.1. The molecule has 0 aromatic carbocycles. The van der Waals surface area contributed by atoms with Crippen molar-refractivity contribution in [2.45, 2.75) is 49.9 Å². The molecular weight excluding hydrogens is 246 g/mol. The van der Waals surface area contributed by atoms with Crippen LogP contribution in [0, 0.1) is 0 Å². The quantitative estimate of drug-likeness (QED) is 0.788. The van der Waals surface area contributed by atoms with Crippen molar-refractivity contribution >= 4 is 17.3 Å². The lowest BCUT2D eigenvalue weighted by Crippen LogP contribution is -2.26. The highest BCUT2D eigenvalue weighted by Gasteiger charge is 2.15. The minimum Gasteiger partial charge on any atom is -0.287 e. The average Bonchev–Trinajstić information content (AvgIpc) is 2.36. The maximum atomic E-state index is 12.3. The molecule has 0 amide bonds. The van der Waals surface area contributed by atoms with Gasteiger partial charge in [0.05, 0.1) is 0 Å². The van der Waals surface area contributed by atoms with Crippen LogP contribution >= 0.6 is 11.8 Å². The summed E-state index contributed by atoms with van der Waals surface area (Å²) in [6, 6.07) is 0. The molecule has 1 aliphatic carbocycles. The minimum absolute atomic E-state index is 0.0266. The second-order valence-electron chi connectivity index (χ2n) is 4.84. The van der Waals surface area contributed by atoms with E-state index < -0.39 is 0 Å². The van der Waals surface area contributed by atoms with Gasteiger partial charge in [0.1, 0.15) is 0 Å². The number of hydrogen-bond acceptors (Lipinski definition) is 4. The van der Waals surface area contributed by atoms with E-state index in [2.05, 4.69) is 30.1 Å². The second kappa shape index (κ2) is 5.69. The molecule has 0 bridgehead atoms. The van der Waals surface area contributed by atoms with Crippen molar-refractivity contribution < 1.29 is 0 Å². The van der Waals surface area contributed by atoms with Gasteiger partial charge >= 0.3 is 0 Å². The maximum Gasteiger partial charge on any atom is 0.280 e. The third-order valence-electron chi connectivity index (χ3n) is 2.97. The summed E-state index contributed by atoms with van der Waals surface area (Å²) < 4.78 is 1.61. The molecule has 0 N–H and O–H groups in total. The molecule has 0 atom stereocenters. The molecule has 1 aromatic rings. The molecule has 0 spiro atoms. The summed E-state index contributed by atoms with van der Waals surface area (Å²) in [5.74, 6) is 0. The van der Waals surface area contributed by atoms with Gasteiger partial charge in [0.2, 0.25) is 0 Å². The van der Waals surface area contributed by atoms with Crippen LogP contribution in [0.1, 0.15) is 45.2 Å². The van der Waals surface area contributed by atoms with Gasteiger partial charge in [-0.15, -0.1) is 10.2 Å². The van der Waals surface area contributed by atoms with Crippen molar-refractivity contribution in [1.82, 2.24) is 14.8 Å². The fraction of sp³-hybridized carbons (Fsp3) is 0.615. The highest BCUT2D eigenvalue weighted by Crippen LogP contribution is 2.24. The molecule has 0 saturated heterocycles. The number of hydrogen-bond donors (Lipinski definition) is 0. The standard InChI is InChI=1S/C13H19N3OS/c1-9(2)18-13-15-14-11(12(17)16(13)3)10-7-5-4-6-8-10/h7,9H,4-6,8H2,1-3H3. The first-order valence-corrected chi connectivity index (χ1v) is 7.27. The third-order valence-corrected chi connectivity index (χ3v) is 4.00. The molecule has 1 aromatic heterocycles. The Kier molecular flexibility index (Phi) is 4.22. The van der Waals surface area contributed by atoms with Crippen LogP contribution in [-0.2, 0) is 7.05 Å². The van der Waals surface area contributed by atoms with Gasteiger partial charge in [-0.05, 0) is 31.3 Å². The highest BCUT2D eigenvalue weighted by atomic mass is 32.2. The molecule has 4 nitrogen and oxygen atoms in total. The number of thioether (sulfide) groups is 1. The molecule has 98 valence electrons. The van der Waals surface area contributed by atoms with E-state index in [-0.39, 0.29) is 5.56 Å². The lowest BCUT2D eigenvalue weighted by molar-refractivity contribution is 0.647. The maximum absolute atomic E-state index is 12.3. The van der Waals surface area contributed by atoms with Gasteiger partial charge in [-0.25, -0.2) is 0 Å². The van der Waals surface area contributed by atoms with E-state index in [1.807, 2.05) is 0 Å². The molecule has 1 aliphatic rings. The van der Waals surface area contributed by atoms with Gasteiger partial charge in [-0.3, -0.25) is 9.36 Å². The van der Waals surface area contributed by atoms with Crippen molar-refractivity contribution in [3.8, 4) is 0 Å². The molecule has 18 heavy (non-hydrogen) atoms. The summed E-state index contributed by atoms with van der Waals surface area (Å²) in [5, 5.41) is 9.42. The predicted molar refractivity (Wildman–Crippen MR) is 74.7 cm³/mol. The molecule has 0 radical (unpaired) electrons. The average molecular weight is 265 g/mol. The molecule has 0 saturated carbocycles. The van der Waals surface area contributed by atoms with Crippen LogP contribution in [0.3, 0.4) is 0 Å². The first-order chi connectivity index (χ1) is 8.59. The summed E-state index contributed by atoms with van der Waals surface area (Å²) in [7, 11) is 1.77. The van der Waals surface area contributed by atoms with Crippen LogP contribution in [0.25, 0.3) is 5.57 Å². The predicted octanol–water partition coefficient (Wildman–Crippen LogP) is 2.63. The smallest absolute Gasteiger partial charge is 0.280 e. The van der Waals surface area contributed by atoms with Crippen molar-refractivity contribution in [2.75, 3.05) is 0 Å². The first-order valence-electron chi connectivity index (χ1n) is 6.39. The van der Waals surface area contributed by atoms with Gasteiger partial charge in [0.25, 0.3) is 5.56 Å². The van der Waals surface area contributed by atoms with E-state index in [0.29, 0.717) is 16.1 Å². The summed E-state index contributed by atoms with van der Waals surface area (Å²) in [5.41, 5.74) is 1.57. The van der Waals surface area contributed by atoms with E-state index in [1.165, 1.54) is 6.42 Å². The number of rotatable bonds is 3. The number of aromatic nitrogens is 3. The molecule has 5 heteroatoms. The van der Waals surface area contributed by atoms with Crippen molar-refractivity contribution in [1.29, 1.82) is 0 Å². The SMILES string of the molecule is CC(C)Sc1nnc(C2=CCCCC2)c(=O)n1C. The van der Waals surface area contributed by atoms with Crippen molar-refractivity contribution in [2.24, 2.45) is 7.05 Å². The van der Waals surface area contributed by atoms with Crippen LogP contribution in [0.4, 0.5) is 0 Å². The first kappa shape index (κ1) is 13.3. The Hall–Kier alpha value is -1.10. The minimum atomic E-state index is -0.0266. The number of nitrogens with zero attached hydrogens (tertiary/aromatic N) is 3. The van der Waals surface area contributed by atoms with Crippen LogP contribution in [0.5, 0.6) is 0 Å². The van der Waals surface area contributed by atoms with Crippen LogP contribution in [0.15, 0.2) is 16.0 Å². The van der Waals surface area contributed by atoms with Crippen LogP contribution < -0.4 is 5.56 Å². The van der Waals surface area contributed by atoms with Crippen LogP contribution in [-0.4, -0.2) is 20.0 Å². The van der Waals surface area contributed by atoms with Crippen molar-refractivity contribution in [3.63, 3.8) is 0 Å². The lowest BCUT2D eigenvalue weighted by Gasteiger charge is -2.13. The zero-order chi connectivity index (χ0) is 13.1. The summed E-state index contributed by atoms with van der Waals surface area (Å²) in [6.07, 6.45) is 6.46. The van der Waals surface area contributed by atoms with Gasteiger partial charge < -0.3 is 0 Å². The van der Waals surface area contributed by atoms with E-state index in [1.54, 1.807) is 23.4 Å². The summed E-state index contributed by atoms with van der Waals surface area (Å²) in [6.45, 7) is 4.16. The Labute approximate surface area is 112 Å². The molecular formula is C13H19N3OS. The van der Waals surface area contributed by atoms with Gasteiger partial charge in [-0.1, -0.05) is 31.7 Å². The molecule has 0 aliphatic heterocycles. The van der Waals surface area contributed by atoms with E-state index in [0.717, 1.165) is 24.8 Å². The monoisotopic (exact) mass is 265 g/mol. The molecule has 1 heterocycles. The van der Waals surface area contributed by atoms with Gasteiger partial charge in [-0.2, -0.15) is 0 Å². The molecule has 0 fully saturated rings.